The maximum Gasteiger partial charge on any atom is 0.407 e. The Kier molecular flexibility index (Phi) is 6.83. The molecule has 0 spiro atoms. The molecular weight excluding hydrogens is 350 g/mol. The number of carbonyl (C=O) groups is 1. The highest BCUT2D eigenvalue weighted by molar-refractivity contribution is 6.31. The average Bonchev–Trinajstić information content (AvgIpc) is 2.59. The molecule has 1 aliphatic heterocycles. The van der Waals surface area contributed by atoms with E-state index in [1.54, 1.807) is 6.07 Å². The first kappa shape index (κ1) is 19.3. The van der Waals surface area contributed by atoms with Crippen LogP contribution in [0.5, 0.6) is 5.75 Å². The Morgan fingerprint density at radius 2 is 2.16 bits per heavy atom. The van der Waals surface area contributed by atoms with E-state index in [2.05, 4.69) is 5.32 Å². The number of benzene rings is 1. The Morgan fingerprint density at radius 3 is 2.72 bits per heavy atom. The number of hydrogen-bond acceptors (Lipinski definition) is 5. The SMILES string of the molecule is COc1cc(CCNCC2CCN(C(=O)O)CC2)c(Cl)cc1[N+](=O)[O-]. The molecule has 1 aromatic rings. The van der Waals surface area contributed by atoms with Crippen molar-refractivity contribution in [2.75, 3.05) is 33.3 Å². The fraction of sp³-hybridized carbons (Fsp3) is 0.562. The Labute approximate surface area is 150 Å². The van der Waals surface area contributed by atoms with E-state index in [-0.39, 0.29) is 11.4 Å². The second-order valence-electron chi connectivity index (χ2n) is 6.04. The predicted octanol–water partition coefficient (Wildman–Crippen LogP) is 2.78. The number of carboxylic acid groups (broad SMARTS) is 1. The third kappa shape index (κ3) is 5.20. The Balaban J connectivity index is 1.80. The van der Waals surface area contributed by atoms with Crippen molar-refractivity contribution in [2.45, 2.75) is 19.3 Å². The smallest absolute Gasteiger partial charge is 0.407 e. The maximum absolute atomic E-state index is 11.0. The minimum Gasteiger partial charge on any atom is -0.490 e. The van der Waals surface area contributed by atoms with Crippen LogP contribution in [0.15, 0.2) is 12.1 Å². The number of nitro benzene ring substituents is 1. The summed E-state index contributed by atoms with van der Waals surface area (Å²) in [5.74, 6) is 0.655. The Hall–Kier alpha value is -2.06. The molecular formula is C16H22ClN3O5. The first-order valence-corrected chi connectivity index (χ1v) is 8.49. The van der Waals surface area contributed by atoms with Crippen LogP contribution in [0, 0.1) is 16.0 Å². The summed E-state index contributed by atoms with van der Waals surface area (Å²) in [6.07, 6.45) is 1.48. The fourth-order valence-corrected chi connectivity index (χ4v) is 3.19. The van der Waals surface area contributed by atoms with Crippen molar-refractivity contribution in [1.82, 2.24) is 10.2 Å². The molecule has 2 N–H and O–H groups in total. The van der Waals surface area contributed by atoms with Gasteiger partial charge in [0.05, 0.1) is 17.1 Å². The number of halogens is 1. The highest BCUT2D eigenvalue weighted by Gasteiger charge is 2.22. The van der Waals surface area contributed by atoms with Gasteiger partial charge in [0.2, 0.25) is 0 Å². The zero-order valence-electron chi connectivity index (χ0n) is 14.0. The molecule has 0 unspecified atom stereocenters. The van der Waals surface area contributed by atoms with E-state index in [0.717, 1.165) is 24.9 Å². The van der Waals surface area contributed by atoms with E-state index in [4.69, 9.17) is 21.4 Å². The molecule has 0 aliphatic carbocycles. The Morgan fingerprint density at radius 1 is 1.48 bits per heavy atom. The summed E-state index contributed by atoms with van der Waals surface area (Å²) in [7, 11) is 1.39. The number of piperidine rings is 1. The number of nitrogens with zero attached hydrogens (tertiary/aromatic N) is 2. The number of methoxy groups -OCH3 is 1. The van der Waals surface area contributed by atoms with Crippen LogP contribution in [0.1, 0.15) is 18.4 Å². The average molecular weight is 372 g/mol. The first-order valence-electron chi connectivity index (χ1n) is 8.11. The monoisotopic (exact) mass is 371 g/mol. The number of hydrogen-bond donors (Lipinski definition) is 2. The van der Waals surface area contributed by atoms with E-state index in [1.165, 1.54) is 18.1 Å². The minimum absolute atomic E-state index is 0.144. The van der Waals surface area contributed by atoms with E-state index >= 15 is 0 Å². The van der Waals surface area contributed by atoms with Crippen molar-refractivity contribution in [3.05, 3.63) is 32.8 Å². The summed E-state index contributed by atoms with van der Waals surface area (Å²) in [6.45, 7) is 2.65. The van der Waals surface area contributed by atoms with Gasteiger partial charge in [-0.25, -0.2) is 4.79 Å². The van der Waals surface area contributed by atoms with Gasteiger partial charge in [-0.1, -0.05) is 11.6 Å². The van der Waals surface area contributed by atoms with E-state index < -0.39 is 11.0 Å². The van der Waals surface area contributed by atoms with Crippen molar-refractivity contribution < 1.29 is 19.6 Å². The van der Waals surface area contributed by atoms with Crippen molar-refractivity contribution >= 4 is 23.4 Å². The van der Waals surface area contributed by atoms with E-state index in [9.17, 15) is 14.9 Å². The molecule has 0 atom stereocenters. The van der Waals surface area contributed by atoms with Gasteiger partial charge in [0, 0.05) is 19.2 Å². The highest BCUT2D eigenvalue weighted by atomic mass is 35.5. The number of likely N-dealkylation sites (tertiary alicyclic amines) is 1. The molecule has 2 rings (SSSR count). The standard InChI is InChI=1S/C16H22ClN3O5/c1-25-15-8-12(13(17)9-14(15)20(23)24)2-5-18-10-11-3-6-19(7-4-11)16(21)22/h8-9,11,18H,2-7,10H2,1H3,(H,21,22). The molecule has 1 heterocycles. The zero-order chi connectivity index (χ0) is 18.4. The van der Waals surface area contributed by atoms with Crippen molar-refractivity contribution in [3.63, 3.8) is 0 Å². The highest BCUT2D eigenvalue weighted by Crippen LogP contribution is 2.33. The van der Waals surface area contributed by atoms with Gasteiger partial charge in [-0.15, -0.1) is 0 Å². The Bertz CT molecular complexity index is 632. The van der Waals surface area contributed by atoms with Crippen molar-refractivity contribution in [3.8, 4) is 5.75 Å². The fourth-order valence-electron chi connectivity index (χ4n) is 2.94. The third-order valence-corrected chi connectivity index (χ3v) is 4.79. The molecule has 0 bridgehead atoms. The summed E-state index contributed by atoms with van der Waals surface area (Å²) in [4.78, 5) is 22.8. The predicted molar refractivity (Wildman–Crippen MR) is 93.6 cm³/mol. The van der Waals surface area contributed by atoms with Crippen LogP contribution in [0.4, 0.5) is 10.5 Å². The second kappa shape index (κ2) is 8.87. The lowest BCUT2D eigenvalue weighted by Crippen LogP contribution is -2.40. The van der Waals surface area contributed by atoms with Crippen molar-refractivity contribution in [2.24, 2.45) is 5.92 Å². The molecule has 1 fully saturated rings. The number of nitro groups is 1. The molecule has 1 aromatic carbocycles. The summed E-state index contributed by atoms with van der Waals surface area (Å²) < 4.78 is 5.06. The lowest BCUT2D eigenvalue weighted by molar-refractivity contribution is -0.385. The largest absolute Gasteiger partial charge is 0.490 e. The third-order valence-electron chi connectivity index (χ3n) is 4.43. The quantitative estimate of drug-likeness (QED) is 0.434. The second-order valence-corrected chi connectivity index (χ2v) is 6.45. The van der Waals surface area contributed by atoms with Crippen molar-refractivity contribution in [1.29, 1.82) is 0 Å². The van der Waals surface area contributed by atoms with Crippen LogP contribution in [0.25, 0.3) is 0 Å². The molecule has 1 aliphatic rings. The molecule has 0 aromatic heterocycles. The normalized spacial score (nSPS) is 15.2. The number of amides is 1. The van der Waals surface area contributed by atoms with E-state index in [0.29, 0.717) is 37.0 Å². The van der Waals surface area contributed by atoms with Gasteiger partial charge < -0.3 is 20.1 Å². The summed E-state index contributed by atoms with van der Waals surface area (Å²) in [5.41, 5.74) is 0.645. The summed E-state index contributed by atoms with van der Waals surface area (Å²) in [6, 6.07) is 2.92. The van der Waals surface area contributed by atoms with Gasteiger partial charge in [-0.05, 0) is 49.9 Å². The van der Waals surface area contributed by atoms with Gasteiger partial charge in [0.1, 0.15) is 0 Å². The molecule has 9 heteroatoms. The van der Waals surface area contributed by atoms with E-state index in [1.807, 2.05) is 0 Å². The molecule has 8 nitrogen and oxygen atoms in total. The lowest BCUT2D eigenvalue weighted by Gasteiger charge is -2.30. The summed E-state index contributed by atoms with van der Waals surface area (Å²) in [5, 5.41) is 23.6. The van der Waals surface area contributed by atoms with Gasteiger partial charge in [-0.2, -0.15) is 0 Å². The summed E-state index contributed by atoms with van der Waals surface area (Å²) >= 11 is 6.13. The maximum atomic E-state index is 11.0. The molecule has 1 saturated heterocycles. The lowest BCUT2D eigenvalue weighted by atomic mass is 9.97. The van der Waals surface area contributed by atoms with Crippen LogP contribution >= 0.6 is 11.6 Å². The molecule has 25 heavy (non-hydrogen) atoms. The van der Waals surface area contributed by atoms with Gasteiger partial charge in [-0.3, -0.25) is 10.1 Å². The molecule has 0 saturated carbocycles. The number of rotatable bonds is 7. The molecule has 0 radical (unpaired) electrons. The van der Waals surface area contributed by atoms with Gasteiger partial charge >= 0.3 is 11.8 Å². The number of nitrogens with one attached hydrogen (secondary N) is 1. The van der Waals surface area contributed by atoms with Gasteiger partial charge in [0.25, 0.3) is 0 Å². The van der Waals surface area contributed by atoms with Crippen LogP contribution < -0.4 is 10.1 Å². The number of ether oxygens (including phenoxy) is 1. The molecule has 138 valence electrons. The van der Waals surface area contributed by atoms with Crippen LogP contribution in [0.2, 0.25) is 5.02 Å². The zero-order valence-corrected chi connectivity index (χ0v) is 14.8. The molecule has 1 amide bonds. The first-order chi connectivity index (χ1) is 11.9. The topological polar surface area (TPSA) is 105 Å². The minimum atomic E-state index is -0.854. The van der Waals surface area contributed by atoms with Gasteiger partial charge in [0.15, 0.2) is 5.75 Å². The van der Waals surface area contributed by atoms with Crippen LogP contribution in [0.3, 0.4) is 0 Å². The van der Waals surface area contributed by atoms with Crippen LogP contribution in [-0.2, 0) is 6.42 Å². The van der Waals surface area contributed by atoms with Crippen LogP contribution in [-0.4, -0.2) is 54.3 Å².